The van der Waals surface area contributed by atoms with Gasteiger partial charge in [0.25, 0.3) is 5.95 Å². The van der Waals surface area contributed by atoms with E-state index in [1.54, 1.807) is 0 Å². The highest BCUT2D eigenvalue weighted by molar-refractivity contribution is 5.43. The van der Waals surface area contributed by atoms with Crippen molar-refractivity contribution >= 4 is 5.95 Å². The van der Waals surface area contributed by atoms with Gasteiger partial charge in [0, 0.05) is 25.7 Å². The second-order valence-electron chi connectivity index (χ2n) is 5.70. The quantitative estimate of drug-likeness (QED) is 0.871. The summed E-state index contributed by atoms with van der Waals surface area (Å²) in [7, 11) is 0. The summed E-state index contributed by atoms with van der Waals surface area (Å²) in [5, 5.41) is 15.8. The summed E-state index contributed by atoms with van der Waals surface area (Å²) in [5.74, 6) is 2.28. The van der Waals surface area contributed by atoms with Crippen molar-refractivity contribution in [1.29, 1.82) is 0 Å². The van der Waals surface area contributed by atoms with E-state index < -0.39 is 0 Å². The monoisotopic (exact) mass is 270 g/mol. The van der Waals surface area contributed by atoms with Crippen LogP contribution in [0.1, 0.15) is 6.92 Å². The summed E-state index contributed by atoms with van der Waals surface area (Å²) in [5.41, 5.74) is 1.01. The molecule has 2 saturated heterocycles. The zero-order chi connectivity index (χ0) is 13.5. The number of nitrogens with one attached hydrogen (secondary N) is 1. The molecule has 4 rings (SSSR count). The molecule has 1 aromatic heterocycles. The maximum atomic E-state index is 4.26. The number of hydrogen-bond donors (Lipinski definition) is 1. The lowest BCUT2D eigenvalue weighted by atomic mass is 9.95. The topological polar surface area (TPSA) is 58.9 Å². The van der Waals surface area contributed by atoms with Crippen molar-refractivity contribution in [2.45, 2.75) is 13.0 Å². The number of benzene rings is 1. The first kappa shape index (κ1) is 11.8. The van der Waals surface area contributed by atoms with Crippen LogP contribution in [0.15, 0.2) is 30.3 Å². The average molecular weight is 270 g/mol. The van der Waals surface area contributed by atoms with Crippen LogP contribution in [0.25, 0.3) is 5.69 Å². The number of fused-ring (bicyclic) bond motifs is 1. The first-order valence-corrected chi connectivity index (χ1v) is 7.16. The van der Waals surface area contributed by atoms with E-state index in [1.807, 2.05) is 35.0 Å². The van der Waals surface area contributed by atoms with Crippen LogP contribution in [0.2, 0.25) is 0 Å². The molecule has 1 aromatic carbocycles. The van der Waals surface area contributed by atoms with Crippen LogP contribution in [-0.2, 0) is 0 Å². The average Bonchev–Trinajstić information content (AvgIpc) is 3.17. The van der Waals surface area contributed by atoms with E-state index in [9.17, 15) is 0 Å². The van der Waals surface area contributed by atoms with Crippen molar-refractivity contribution in [2.75, 3.05) is 24.5 Å². The summed E-state index contributed by atoms with van der Waals surface area (Å²) >= 11 is 0. The van der Waals surface area contributed by atoms with Gasteiger partial charge in [0.2, 0.25) is 0 Å². The highest BCUT2D eigenvalue weighted by Crippen LogP contribution is 2.35. The maximum absolute atomic E-state index is 4.26. The van der Waals surface area contributed by atoms with Gasteiger partial charge in [0.1, 0.15) is 0 Å². The van der Waals surface area contributed by atoms with Gasteiger partial charge in [-0.1, -0.05) is 23.3 Å². The molecule has 6 nitrogen and oxygen atoms in total. The zero-order valence-corrected chi connectivity index (χ0v) is 11.5. The third kappa shape index (κ3) is 1.71. The Morgan fingerprint density at radius 3 is 2.85 bits per heavy atom. The summed E-state index contributed by atoms with van der Waals surface area (Å²) in [6.45, 7) is 5.53. The van der Waals surface area contributed by atoms with Gasteiger partial charge in [0.15, 0.2) is 0 Å². The van der Waals surface area contributed by atoms with Crippen LogP contribution >= 0.6 is 0 Å². The van der Waals surface area contributed by atoms with Gasteiger partial charge in [-0.15, -0.1) is 0 Å². The SMILES string of the molecule is CC1C2CNCC2CN1c1nnnn1-c1ccccc1. The second kappa shape index (κ2) is 4.56. The van der Waals surface area contributed by atoms with Gasteiger partial charge in [-0.25, -0.2) is 0 Å². The fourth-order valence-electron chi connectivity index (χ4n) is 3.53. The first-order chi connectivity index (χ1) is 9.84. The van der Waals surface area contributed by atoms with Crippen molar-refractivity contribution in [2.24, 2.45) is 11.8 Å². The number of para-hydroxylation sites is 1. The lowest BCUT2D eigenvalue weighted by Gasteiger charge is -2.24. The van der Waals surface area contributed by atoms with Gasteiger partial charge in [-0.2, -0.15) is 4.68 Å². The Kier molecular flexibility index (Phi) is 2.70. The van der Waals surface area contributed by atoms with Crippen molar-refractivity contribution in [3.8, 4) is 5.69 Å². The molecule has 20 heavy (non-hydrogen) atoms. The van der Waals surface area contributed by atoms with Crippen LogP contribution in [0.5, 0.6) is 0 Å². The molecule has 104 valence electrons. The van der Waals surface area contributed by atoms with Gasteiger partial charge in [0.05, 0.1) is 5.69 Å². The van der Waals surface area contributed by atoms with Gasteiger partial charge < -0.3 is 10.2 Å². The molecule has 3 atom stereocenters. The molecule has 2 fully saturated rings. The van der Waals surface area contributed by atoms with Gasteiger partial charge in [-0.3, -0.25) is 0 Å². The number of rotatable bonds is 2. The Balaban J connectivity index is 1.69. The van der Waals surface area contributed by atoms with E-state index in [2.05, 4.69) is 32.7 Å². The Labute approximate surface area is 117 Å². The molecular weight excluding hydrogens is 252 g/mol. The number of hydrogen-bond acceptors (Lipinski definition) is 5. The van der Waals surface area contributed by atoms with E-state index in [-0.39, 0.29) is 0 Å². The van der Waals surface area contributed by atoms with E-state index >= 15 is 0 Å². The third-order valence-corrected chi connectivity index (χ3v) is 4.65. The van der Waals surface area contributed by atoms with Crippen LogP contribution in [0.4, 0.5) is 5.95 Å². The molecule has 0 radical (unpaired) electrons. The first-order valence-electron chi connectivity index (χ1n) is 7.16. The maximum Gasteiger partial charge on any atom is 0.250 e. The molecule has 0 spiro atoms. The fourth-order valence-corrected chi connectivity index (χ4v) is 3.53. The molecule has 0 bridgehead atoms. The molecule has 6 heteroatoms. The number of tetrazole rings is 1. The van der Waals surface area contributed by atoms with Crippen LogP contribution in [0.3, 0.4) is 0 Å². The molecule has 2 aromatic rings. The third-order valence-electron chi connectivity index (χ3n) is 4.65. The van der Waals surface area contributed by atoms with Crippen molar-refractivity contribution in [3.63, 3.8) is 0 Å². The predicted molar refractivity (Wildman–Crippen MR) is 75.8 cm³/mol. The summed E-state index contributed by atoms with van der Waals surface area (Å²) in [4.78, 5) is 2.35. The summed E-state index contributed by atoms with van der Waals surface area (Å²) < 4.78 is 1.84. The minimum absolute atomic E-state index is 0.475. The number of aromatic nitrogens is 4. The predicted octanol–water partition coefficient (Wildman–Crippen LogP) is 0.706. The Morgan fingerprint density at radius 1 is 1.20 bits per heavy atom. The molecule has 2 aliphatic rings. The minimum Gasteiger partial charge on any atom is -0.336 e. The fraction of sp³-hybridized carbons (Fsp3) is 0.500. The Hall–Kier alpha value is -1.95. The minimum atomic E-state index is 0.475. The lowest BCUT2D eigenvalue weighted by Crippen LogP contribution is -2.35. The molecule has 2 aliphatic heterocycles. The largest absolute Gasteiger partial charge is 0.336 e. The molecule has 3 unspecified atom stereocenters. The van der Waals surface area contributed by atoms with Crippen molar-refractivity contribution < 1.29 is 0 Å². The highest BCUT2D eigenvalue weighted by Gasteiger charge is 2.43. The normalized spacial score (nSPS) is 28.9. The smallest absolute Gasteiger partial charge is 0.250 e. The van der Waals surface area contributed by atoms with Crippen molar-refractivity contribution in [1.82, 2.24) is 25.5 Å². The molecule has 1 N–H and O–H groups in total. The van der Waals surface area contributed by atoms with Crippen LogP contribution in [0, 0.1) is 11.8 Å². The second-order valence-corrected chi connectivity index (χ2v) is 5.70. The number of nitrogens with zero attached hydrogens (tertiary/aromatic N) is 5. The highest BCUT2D eigenvalue weighted by atomic mass is 15.6. The van der Waals surface area contributed by atoms with E-state index in [1.165, 1.54) is 0 Å². The summed E-state index contributed by atoms with van der Waals surface area (Å²) in [6.07, 6.45) is 0. The van der Waals surface area contributed by atoms with Crippen LogP contribution in [-0.4, -0.2) is 45.9 Å². The number of anilines is 1. The molecule has 0 amide bonds. The van der Waals surface area contributed by atoms with Gasteiger partial charge in [-0.05, 0) is 41.3 Å². The Bertz CT molecular complexity index is 595. The van der Waals surface area contributed by atoms with E-state index in [4.69, 9.17) is 0 Å². The molecular formula is C14H18N6. The summed E-state index contributed by atoms with van der Waals surface area (Å²) in [6, 6.07) is 10.6. The van der Waals surface area contributed by atoms with E-state index in [0.717, 1.165) is 31.3 Å². The zero-order valence-electron chi connectivity index (χ0n) is 11.5. The van der Waals surface area contributed by atoms with Crippen LogP contribution < -0.4 is 10.2 Å². The lowest BCUT2D eigenvalue weighted by molar-refractivity contribution is 0.470. The Morgan fingerprint density at radius 2 is 2.05 bits per heavy atom. The van der Waals surface area contributed by atoms with E-state index in [0.29, 0.717) is 17.9 Å². The standard InChI is InChI=1S/C14H18N6/c1-10-13-8-15-7-11(13)9-19(10)14-16-17-18-20(14)12-5-3-2-4-6-12/h2-6,10-11,13,15H,7-9H2,1H3. The van der Waals surface area contributed by atoms with Crippen molar-refractivity contribution in [3.05, 3.63) is 30.3 Å². The molecule has 3 heterocycles. The molecule has 0 saturated carbocycles. The van der Waals surface area contributed by atoms with Gasteiger partial charge >= 0.3 is 0 Å². The molecule has 0 aliphatic carbocycles.